The lowest BCUT2D eigenvalue weighted by molar-refractivity contribution is -0.116. The molecule has 1 amide bonds. The molecular formula is C19H19N3O3. The van der Waals surface area contributed by atoms with Gasteiger partial charge in [0.1, 0.15) is 12.4 Å². The summed E-state index contributed by atoms with van der Waals surface area (Å²) in [5, 5.41) is 2.82. The zero-order valence-electron chi connectivity index (χ0n) is 14.2. The number of ether oxygens (including phenoxy) is 1. The van der Waals surface area contributed by atoms with Crippen LogP contribution in [-0.4, -0.2) is 28.5 Å². The van der Waals surface area contributed by atoms with Crippen molar-refractivity contribution in [1.29, 1.82) is 0 Å². The van der Waals surface area contributed by atoms with Gasteiger partial charge < -0.3 is 14.6 Å². The van der Waals surface area contributed by atoms with Crippen molar-refractivity contribution in [2.75, 3.05) is 12.4 Å². The van der Waals surface area contributed by atoms with Crippen molar-refractivity contribution in [2.45, 2.75) is 19.9 Å². The summed E-state index contributed by atoms with van der Waals surface area (Å²) in [6.45, 7) is 2.17. The number of carbonyl (C=O) groups excluding carboxylic acids is 2. The molecule has 1 aromatic heterocycles. The van der Waals surface area contributed by atoms with Crippen molar-refractivity contribution in [3.8, 4) is 0 Å². The highest BCUT2D eigenvalue weighted by atomic mass is 16.5. The molecule has 0 atom stereocenters. The maximum Gasteiger partial charge on any atom is 0.337 e. The Bertz CT molecular complexity index is 931. The quantitative estimate of drug-likeness (QED) is 0.726. The average Bonchev–Trinajstić information content (AvgIpc) is 2.99. The smallest absolute Gasteiger partial charge is 0.337 e. The van der Waals surface area contributed by atoms with Gasteiger partial charge in [-0.05, 0) is 30.3 Å². The van der Waals surface area contributed by atoms with Crippen molar-refractivity contribution in [1.82, 2.24) is 9.55 Å². The van der Waals surface area contributed by atoms with Crippen molar-refractivity contribution < 1.29 is 14.3 Å². The zero-order chi connectivity index (χ0) is 17.8. The number of fused-ring (bicyclic) bond motifs is 1. The number of anilines is 1. The van der Waals surface area contributed by atoms with E-state index >= 15 is 0 Å². The van der Waals surface area contributed by atoms with Crippen LogP contribution in [0, 0.1) is 0 Å². The summed E-state index contributed by atoms with van der Waals surface area (Å²) in [6, 6.07) is 14.4. The van der Waals surface area contributed by atoms with E-state index in [1.165, 1.54) is 7.11 Å². The first-order valence-corrected chi connectivity index (χ1v) is 8.04. The van der Waals surface area contributed by atoms with Crippen LogP contribution in [0.4, 0.5) is 5.69 Å². The number of rotatable bonds is 5. The molecule has 25 heavy (non-hydrogen) atoms. The number of esters is 1. The molecule has 0 saturated heterocycles. The Morgan fingerprint density at radius 1 is 1.16 bits per heavy atom. The third-order valence-electron chi connectivity index (χ3n) is 3.92. The maximum atomic E-state index is 12.5. The standard InChI is InChI=1S/C19H19N3O3/c1-3-17-21-15-9-4-5-10-16(15)22(17)12-18(23)20-14-8-6-7-13(11-14)19(24)25-2/h4-11H,3,12H2,1-2H3,(H,20,23). The second-order valence-corrected chi connectivity index (χ2v) is 5.58. The normalized spacial score (nSPS) is 10.6. The van der Waals surface area contributed by atoms with E-state index in [-0.39, 0.29) is 12.5 Å². The topological polar surface area (TPSA) is 73.2 Å². The van der Waals surface area contributed by atoms with Crippen LogP contribution in [0.25, 0.3) is 11.0 Å². The molecule has 6 nitrogen and oxygen atoms in total. The SMILES string of the molecule is CCc1nc2ccccc2n1CC(=O)Nc1cccc(C(=O)OC)c1. The molecule has 3 rings (SSSR count). The average molecular weight is 337 g/mol. The Kier molecular flexibility index (Phi) is 4.79. The van der Waals surface area contributed by atoms with Crippen molar-refractivity contribution in [3.05, 3.63) is 59.9 Å². The van der Waals surface area contributed by atoms with Gasteiger partial charge in [-0.15, -0.1) is 0 Å². The van der Waals surface area contributed by atoms with Crippen LogP contribution in [0.2, 0.25) is 0 Å². The molecule has 0 saturated carbocycles. The van der Waals surface area contributed by atoms with Crippen LogP contribution < -0.4 is 5.32 Å². The molecule has 6 heteroatoms. The van der Waals surface area contributed by atoms with Gasteiger partial charge in [-0.1, -0.05) is 25.1 Å². The number of benzene rings is 2. The molecule has 0 unspecified atom stereocenters. The first-order chi connectivity index (χ1) is 12.1. The van der Waals surface area contributed by atoms with E-state index in [0.29, 0.717) is 11.3 Å². The number of carbonyl (C=O) groups is 2. The molecule has 0 aliphatic rings. The highest BCUT2D eigenvalue weighted by Crippen LogP contribution is 2.17. The van der Waals surface area contributed by atoms with Crippen molar-refractivity contribution in [2.24, 2.45) is 0 Å². The Hall–Kier alpha value is -3.15. The second-order valence-electron chi connectivity index (χ2n) is 5.58. The van der Waals surface area contributed by atoms with Crippen LogP contribution in [0.5, 0.6) is 0 Å². The van der Waals surface area contributed by atoms with Gasteiger partial charge in [-0.25, -0.2) is 9.78 Å². The highest BCUT2D eigenvalue weighted by molar-refractivity contribution is 5.95. The predicted octanol–water partition coefficient (Wildman–Crippen LogP) is 3.02. The van der Waals surface area contributed by atoms with Gasteiger partial charge in [0.05, 0.1) is 23.7 Å². The van der Waals surface area contributed by atoms with E-state index in [1.807, 2.05) is 35.8 Å². The molecule has 0 radical (unpaired) electrons. The first kappa shape index (κ1) is 16.7. The van der Waals surface area contributed by atoms with Gasteiger partial charge >= 0.3 is 5.97 Å². The van der Waals surface area contributed by atoms with Gasteiger partial charge in [0, 0.05) is 12.1 Å². The summed E-state index contributed by atoms with van der Waals surface area (Å²) >= 11 is 0. The fourth-order valence-electron chi connectivity index (χ4n) is 2.76. The summed E-state index contributed by atoms with van der Waals surface area (Å²) in [5.41, 5.74) is 2.75. The third kappa shape index (κ3) is 3.52. The van der Waals surface area contributed by atoms with Gasteiger partial charge in [0.25, 0.3) is 0 Å². The van der Waals surface area contributed by atoms with E-state index in [4.69, 9.17) is 4.74 Å². The molecule has 2 aromatic carbocycles. The Labute approximate surface area is 145 Å². The number of para-hydroxylation sites is 2. The predicted molar refractivity (Wildman–Crippen MR) is 95.5 cm³/mol. The summed E-state index contributed by atoms with van der Waals surface area (Å²) in [5.74, 6) is 0.240. The van der Waals surface area contributed by atoms with E-state index in [0.717, 1.165) is 23.3 Å². The number of methoxy groups -OCH3 is 1. The van der Waals surface area contributed by atoms with Crippen molar-refractivity contribution >= 4 is 28.6 Å². The fourth-order valence-corrected chi connectivity index (χ4v) is 2.76. The molecule has 0 fully saturated rings. The summed E-state index contributed by atoms with van der Waals surface area (Å²) in [7, 11) is 1.32. The largest absolute Gasteiger partial charge is 0.465 e. The summed E-state index contributed by atoms with van der Waals surface area (Å²) in [4.78, 5) is 28.6. The Morgan fingerprint density at radius 3 is 2.72 bits per heavy atom. The monoisotopic (exact) mass is 337 g/mol. The number of imidazole rings is 1. The van der Waals surface area contributed by atoms with Crippen molar-refractivity contribution in [3.63, 3.8) is 0 Å². The molecule has 0 aliphatic heterocycles. The number of nitrogens with zero attached hydrogens (tertiary/aromatic N) is 2. The molecule has 0 spiro atoms. The third-order valence-corrected chi connectivity index (χ3v) is 3.92. The Balaban J connectivity index is 1.81. The van der Waals surface area contributed by atoms with Gasteiger partial charge in [0.15, 0.2) is 0 Å². The van der Waals surface area contributed by atoms with Gasteiger partial charge in [-0.2, -0.15) is 0 Å². The zero-order valence-corrected chi connectivity index (χ0v) is 14.2. The molecule has 128 valence electrons. The highest BCUT2D eigenvalue weighted by Gasteiger charge is 2.13. The summed E-state index contributed by atoms with van der Waals surface area (Å²) < 4.78 is 6.61. The van der Waals surface area contributed by atoms with Gasteiger partial charge in [0.2, 0.25) is 5.91 Å². The lowest BCUT2D eigenvalue weighted by atomic mass is 10.2. The van der Waals surface area contributed by atoms with Crippen LogP contribution in [0.1, 0.15) is 23.1 Å². The van der Waals surface area contributed by atoms with E-state index in [1.54, 1.807) is 24.3 Å². The van der Waals surface area contributed by atoms with Gasteiger partial charge in [-0.3, -0.25) is 4.79 Å². The minimum Gasteiger partial charge on any atom is -0.465 e. The fraction of sp³-hybridized carbons (Fsp3) is 0.211. The van der Waals surface area contributed by atoms with Crippen LogP contribution >= 0.6 is 0 Å². The number of hydrogen-bond acceptors (Lipinski definition) is 4. The van der Waals surface area contributed by atoms with E-state index in [9.17, 15) is 9.59 Å². The molecule has 0 bridgehead atoms. The molecule has 1 heterocycles. The molecular weight excluding hydrogens is 318 g/mol. The minimum atomic E-state index is -0.440. The van der Waals surface area contributed by atoms with Crippen LogP contribution in [0.3, 0.4) is 0 Å². The first-order valence-electron chi connectivity index (χ1n) is 8.04. The number of hydrogen-bond donors (Lipinski definition) is 1. The number of aryl methyl sites for hydroxylation is 1. The summed E-state index contributed by atoms with van der Waals surface area (Å²) in [6.07, 6.45) is 0.736. The number of nitrogens with one attached hydrogen (secondary N) is 1. The van der Waals surface area contributed by atoms with E-state index < -0.39 is 5.97 Å². The molecule has 0 aliphatic carbocycles. The number of aromatic nitrogens is 2. The van der Waals surface area contributed by atoms with E-state index in [2.05, 4.69) is 10.3 Å². The molecule has 1 N–H and O–H groups in total. The Morgan fingerprint density at radius 2 is 1.96 bits per heavy atom. The minimum absolute atomic E-state index is 0.159. The van der Waals surface area contributed by atoms with Crippen LogP contribution in [-0.2, 0) is 22.5 Å². The second kappa shape index (κ2) is 7.17. The molecule has 3 aromatic rings. The van der Waals surface area contributed by atoms with Crippen LogP contribution in [0.15, 0.2) is 48.5 Å². The number of amides is 1. The lowest BCUT2D eigenvalue weighted by Gasteiger charge is -2.10. The maximum absolute atomic E-state index is 12.5. The lowest BCUT2D eigenvalue weighted by Crippen LogP contribution is -2.20.